The number of β-amino-alcohol motifs (C(OH)–C–C–N with tert-alkyl or cyclic N) is 1. The maximum absolute atomic E-state index is 10.2. The third kappa shape index (κ3) is 0.921. The molecule has 0 amide bonds. The number of rotatable bonds is 1. The molecule has 1 saturated heterocycles. The molecule has 1 aliphatic heterocycles. The fourth-order valence-electron chi connectivity index (χ4n) is 1.91. The number of para-hydroxylation sites is 1. The van der Waals surface area contributed by atoms with Crippen LogP contribution in [0.25, 0.3) is 10.9 Å². The average Bonchev–Trinajstić information content (AvgIpc) is 2.61. The van der Waals surface area contributed by atoms with E-state index >= 15 is 0 Å². The number of nitrogens with zero attached hydrogens (tertiary/aromatic N) is 1. The highest BCUT2D eigenvalue weighted by molar-refractivity contribution is 5.82. The Morgan fingerprint density at radius 3 is 2.93 bits per heavy atom. The van der Waals surface area contributed by atoms with Gasteiger partial charge in [-0.25, -0.2) is 0 Å². The van der Waals surface area contributed by atoms with Crippen LogP contribution in [0.3, 0.4) is 0 Å². The summed E-state index contributed by atoms with van der Waals surface area (Å²) in [6.45, 7) is 1.23. The molecule has 0 bridgehead atoms. The van der Waals surface area contributed by atoms with Crippen LogP contribution in [0.2, 0.25) is 0 Å². The molecule has 2 aromatic rings. The Morgan fingerprint density at radius 1 is 1.36 bits per heavy atom. The number of aliphatic hydroxyl groups is 1. The largest absolute Gasteiger partial charge is 0.382 e. The molecule has 0 radical (unpaired) electrons. The van der Waals surface area contributed by atoms with Crippen LogP contribution in [0.5, 0.6) is 0 Å². The number of hydrogen-bond donors (Lipinski definition) is 3. The van der Waals surface area contributed by atoms with Gasteiger partial charge in [-0.15, -0.1) is 0 Å². The minimum atomic E-state index is -0.716. The molecule has 2 heterocycles. The van der Waals surface area contributed by atoms with Gasteiger partial charge in [0, 0.05) is 24.0 Å². The lowest BCUT2D eigenvalue weighted by Crippen LogP contribution is -2.56. The van der Waals surface area contributed by atoms with Crippen molar-refractivity contribution < 1.29 is 5.11 Å². The molecule has 0 aliphatic carbocycles. The summed E-state index contributed by atoms with van der Waals surface area (Å²) in [6.07, 6.45) is 1.77. The predicted octanol–water partition coefficient (Wildman–Crippen LogP) is 0.354. The van der Waals surface area contributed by atoms with Gasteiger partial charge in [-0.05, 0) is 0 Å². The number of hydrogen-bond acceptors (Lipinski definition) is 3. The van der Waals surface area contributed by atoms with E-state index in [9.17, 15) is 5.11 Å². The second kappa shape index (κ2) is 2.56. The zero-order valence-corrected chi connectivity index (χ0v) is 7.62. The number of fused-ring (bicyclic) bond motifs is 1. The second-order valence-electron chi connectivity index (χ2n) is 3.77. The van der Waals surface area contributed by atoms with E-state index in [1.807, 2.05) is 18.2 Å². The minimum absolute atomic E-state index is 0.616. The summed E-state index contributed by atoms with van der Waals surface area (Å²) in [6, 6.07) is 5.88. The topological polar surface area (TPSA) is 60.9 Å². The summed E-state index contributed by atoms with van der Waals surface area (Å²) >= 11 is 0. The summed E-state index contributed by atoms with van der Waals surface area (Å²) < 4.78 is 0. The van der Waals surface area contributed by atoms with Crippen molar-refractivity contribution in [3.63, 3.8) is 0 Å². The molecule has 0 atom stereocenters. The first-order valence-corrected chi connectivity index (χ1v) is 4.65. The third-order valence-corrected chi connectivity index (χ3v) is 2.81. The van der Waals surface area contributed by atoms with E-state index in [2.05, 4.69) is 15.5 Å². The van der Waals surface area contributed by atoms with Crippen LogP contribution < -0.4 is 5.32 Å². The average molecular weight is 189 g/mol. The Kier molecular flexibility index (Phi) is 1.45. The van der Waals surface area contributed by atoms with Gasteiger partial charge in [0.15, 0.2) is 0 Å². The molecular formula is C10H11N3O. The van der Waals surface area contributed by atoms with E-state index < -0.39 is 5.60 Å². The molecule has 3 rings (SSSR count). The Balaban J connectivity index is 2.24. The maximum atomic E-state index is 10.2. The number of nitrogens with one attached hydrogen (secondary N) is 2. The van der Waals surface area contributed by atoms with Gasteiger partial charge in [0.2, 0.25) is 0 Å². The smallest absolute Gasteiger partial charge is 0.116 e. The van der Waals surface area contributed by atoms with Crippen molar-refractivity contribution in [2.45, 2.75) is 5.60 Å². The number of aromatic amines is 1. The standard InChI is InChI=1S/C10H11N3O/c14-10(5-11-6-10)8-3-1-2-7-4-12-13-9(7)8/h1-4,11,14H,5-6H2,(H,12,13). The Morgan fingerprint density at radius 2 is 2.21 bits per heavy atom. The van der Waals surface area contributed by atoms with Gasteiger partial charge in [-0.1, -0.05) is 18.2 Å². The Bertz CT molecular complexity index is 473. The van der Waals surface area contributed by atoms with Gasteiger partial charge < -0.3 is 10.4 Å². The molecule has 14 heavy (non-hydrogen) atoms. The van der Waals surface area contributed by atoms with Crippen LogP contribution in [-0.2, 0) is 5.60 Å². The zero-order valence-electron chi connectivity index (χ0n) is 7.62. The van der Waals surface area contributed by atoms with Crippen LogP contribution in [-0.4, -0.2) is 28.4 Å². The SMILES string of the molecule is OC1(c2cccc3cn[nH]c23)CNC1. The number of aromatic nitrogens is 2. The lowest BCUT2D eigenvalue weighted by atomic mass is 9.87. The van der Waals surface area contributed by atoms with Gasteiger partial charge in [-0.2, -0.15) is 5.10 Å². The van der Waals surface area contributed by atoms with Gasteiger partial charge in [0.05, 0.1) is 11.7 Å². The first-order valence-electron chi connectivity index (χ1n) is 4.65. The maximum Gasteiger partial charge on any atom is 0.116 e. The Labute approximate surface area is 80.9 Å². The highest BCUT2D eigenvalue weighted by Crippen LogP contribution is 2.30. The summed E-state index contributed by atoms with van der Waals surface area (Å²) in [5.74, 6) is 0. The van der Waals surface area contributed by atoms with Crippen LogP contribution in [0, 0.1) is 0 Å². The van der Waals surface area contributed by atoms with Crippen molar-refractivity contribution in [3.05, 3.63) is 30.0 Å². The molecule has 0 unspecified atom stereocenters. The van der Waals surface area contributed by atoms with Crippen LogP contribution >= 0.6 is 0 Å². The van der Waals surface area contributed by atoms with E-state index in [0.717, 1.165) is 16.5 Å². The van der Waals surface area contributed by atoms with Crippen molar-refractivity contribution in [3.8, 4) is 0 Å². The van der Waals surface area contributed by atoms with Crippen molar-refractivity contribution >= 4 is 10.9 Å². The molecule has 0 saturated carbocycles. The first kappa shape index (κ1) is 7.96. The van der Waals surface area contributed by atoms with Gasteiger partial charge in [0.25, 0.3) is 0 Å². The van der Waals surface area contributed by atoms with Crippen molar-refractivity contribution in [2.75, 3.05) is 13.1 Å². The fraction of sp³-hybridized carbons (Fsp3) is 0.300. The van der Waals surface area contributed by atoms with E-state index in [1.165, 1.54) is 0 Å². The summed E-state index contributed by atoms with van der Waals surface area (Å²) in [7, 11) is 0. The molecule has 1 aliphatic rings. The van der Waals surface area contributed by atoms with Crippen molar-refractivity contribution in [2.24, 2.45) is 0 Å². The van der Waals surface area contributed by atoms with Gasteiger partial charge >= 0.3 is 0 Å². The quantitative estimate of drug-likeness (QED) is 0.606. The van der Waals surface area contributed by atoms with Crippen molar-refractivity contribution in [1.29, 1.82) is 0 Å². The second-order valence-corrected chi connectivity index (χ2v) is 3.77. The predicted molar refractivity (Wildman–Crippen MR) is 52.9 cm³/mol. The summed E-state index contributed by atoms with van der Waals surface area (Å²) in [5, 5.41) is 21.2. The molecule has 1 aromatic carbocycles. The van der Waals surface area contributed by atoms with Gasteiger partial charge in [-0.3, -0.25) is 5.10 Å². The number of H-pyrrole nitrogens is 1. The first-order chi connectivity index (χ1) is 6.80. The van der Waals surface area contributed by atoms with Gasteiger partial charge in [0.1, 0.15) is 5.60 Å². The van der Waals surface area contributed by atoms with Crippen molar-refractivity contribution in [1.82, 2.24) is 15.5 Å². The zero-order chi connectivity index (χ0) is 9.60. The molecule has 72 valence electrons. The third-order valence-electron chi connectivity index (χ3n) is 2.81. The molecule has 4 heteroatoms. The van der Waals surface area contributed by atoms with E-state index in [-0.39, 0.29) is 0 Å². The van der Waals surface area contributed by atoms with Crippen LogP contribution in [0.15, 0.2) is 24.4 Å². The summed E-state index contributed by atoms with van der Waals surface area (Å²) in [4.78, 5) is 0. The molecule has 1 aromatic heterocycles. The lowest BCUT2D eigenvalue weighted by Gasteiger charge is -2.38. The monoisotopic (exact) mass is 189 g/mol. The molecule has 3 N–H and O–H groups in total. The number of benzene rings is 1. The fourth-order valence-corrected chi connectivity index (χ4v) is 1.91. The van der Waals surface area contributed by atoms with E-state index in [1.54, 1.807) is 6.20 Å². The normalized spacial score (nSPS) is 19.5. The minimum Gasteiger partial charge on any atom is -0.382 e. The Hall–Kier alpha value is -1.39. The molecule has 0 spiro atoms. The molecule has 4 nitrogen and oxygen atoms in total. The molecule has 1 fully saturated rings. The lowest BCUT2D eigenvalue weighted by molar-refractivity contribution is -0.0134. The van der Waals surface area contributed by atoms with E-state index in [0.29, 0.717) is 13.1 Å². The highest BCUT2D eigenvalue weighted by atomic mass is 16.3. The summed E-state index contributed by atoms with van der Waals surface area (Å²) in [5.41, 5.74) is 1.16. The van der Waals surface area contributed by atoms with Crippen LogP contribution in [0.4, 0.5) is 0 Å². The molecular weight excluding hydrogens is 178 g/mol. The van der Waals surface area contributed by atoms with E-state index in [4.69, 9.17) is 0 Å². The highest BCUT2D eigenvalue weighted by Gasteiger charge is 2.37. The van der Waals surface area contributed by atoms with Crippen LogP contribution in [0.1, 0.15) is 5.56 Å².